The van der Waals surface area contributed by atoms with E-state index in [9.17, 15) is 4.79 Å². The Morgan fingerprint density at radius 3 is 2.80 bits per heavy atom. The Bertz CT molecular complexity index is 564. The number of thiophene rings is 1. The zero-order chi connectivity index (χ0) is 14.2. The summed E-state index contributed by atoms with van der Waals surface area (Å²) in [6, 6.07) is 11.0. The zero-order valence-corrected chi connectivity index (χ0v) is 12.3. The van der Waals surface area contributed by atoms with E-state index in [1.807, 2.05) is 17.5 Å². The van der Waals surface area contributed by atoms with Crippen LogP contribution in [0.2, 0.25) is 5.02 Å². The van der Waals surface area contributed by atoms with Crippen molar-refractivity contribution in [3.8, 4) is 5.75 Å². The normalized spacial score (nSPS) is 10.7. The first kappa shape index (κ1) is 14.6. The highest BCUT2D eigenvalue weighted by Crippen LogP contribution is 2.15. The van der Waals surface area contributed by atoms with Crippen LogP contribution in [0.1, 0.15) is 4.88 Å². The smallest absolute Gasteiger partial charge is 0.244 e. The Morgan fingerprint density at radius 1 is 1.30 bits per heavy atom. The molecule has 2 rings (SSSR count). The predicted molar refractivity (Wildman–Crippen MR) is 83.3 cm³/mol. The van der Waals surface area contributed by atoms with Gasteiger partial charge in [-0.15, -0.1) is 11.3 Å². The Labute approximate surface area is 126 Å². The van der Waals surface area contributed by atoms with Crippen LogP contribution in [0, 0.1) is 0 Å². The predicted octanol–water partition coefficient (Wildman–Crippen LogP) is 3.61. The van der Waals surface area contributed by atoms with E-state index in [0.717, 1.165) is 10.6 Å². The molecular weight excluding hydrogens is 294 g/mol. The van der Waals surface area contributed by atoms with Gasteiger partial charge in [0.05, 0.1) is 6.54 Å². The van der Waals surface area contributed by atoms with Gasteiger partial charge < -0.3 is 10.1 Å². The lowest BCUT2D eigenvalue weighted by Crippen LogP contribution is -2.26. The van der Waals surface area contributed by atoms with Crippen molar-refractivity contribution < 1.29 is 9.53 Å². The van der Waals surface area contributed by atoms with Crippen molar-refractivity contribution in [3.63, 3.8) is 0 Å². The first-order chi connectivity index (χ1) is 9.74. The van der Waals surface area contributed by atoms with Gasteiger partial charge >= 0.3 is 0 Å². The highest BCUT2D eigenvalue weighted by Gasteiger charge is 1.97. The molecule has 0 saturated carbocycles. The molecule has 104 valence electrons. The molecule has 0 fully saturated rings. The van der Waals surface area contributed by atoms with Crippen LogP contribution < -0.4 is 10.1 Å². The number of ether oxygens (including phenoxy) is 1. The maximum Gasteiger partial charge on any atom is 0.244 e. The maximum absolute atomic E-state index is 11.5. The first-order valence-electron chi connectivity index (χ1n) is 6.12. The minimum absolute atomic E-state index is 0.127. The SMILES string of the molecule is O=C(/C=C/c1cccs1)NCCOc1ccc(Cl)cc1. The second-order valence-corrected chi connectivity index (χ2v) is 5.36. The zero-order valence-electron chi connectivity index (χ0n) is 10.7. The number of carbonyl (C=O) groups is 1. The van der Waals surface area contributed by atoms with Gasteiger partial charge in [0.25, 0.3) is 0 Å². The molecule has 0 aliphatic rings. The number of hydrogen-bond acceptors (Lipinski definition) is 3. The summed E-state index contributed by atoms with van der Waals surface area (Å²) in [7, 11) is 0. The van der Waals surface area contributed by atoms with E-state index in [4.69, 9.17) is 16.3 Å². The monoisotopic (exact) mass is 307 g/mol. The first-order valence-corrected chi connectivity index (χ1v) is 7.37. The molecule has 0 spiro atoms. The number of carbonyl (C=O) groups excluding carboxylic acids is 1. The largest absolute Gasteiger partial charge is 0.492 e. The van der Waals surface area contributed by atoms with Crippen LogP contribution in [-0.2, 0) is 4.79 Å². The van der Waals surface area contributed by atoms with E-state index in [1.54, 1.807) is 41.7 Å². The molecule has 0 radical (unpaired) electrons. The Hall–Kier alpha value is -1.78. The Morgan fingerprint density at radius 2 is 2.10 bits per heavy atom. The average Bonchev–Trinajstić information content (AvgIpc) is 2.96. The molecule has 0 aliphatic heterocycles. The summed E-state index contributed by atoms with van der Waals surface area (Å²) in [6.07, 6.45) is 3.31. The van der Waals surface area contributed by atoms with Crippen LogP contribution in [-0.4, -0.2) is 19.1 Å². The van der Waals surface area contributed by atoms with Gasteiger partial charge in [0.1, 0.15) is 12.4 Å². The molecular formula is C15H14ClNO2S. The lowest BCUT2D eigenvalue weighted by molar-refractivity contribution is -0.116. The minimum atomic E-state index is -0.127. The van der Waals surface area contributed by atoms with Crippen molar-refractivity contribution in [1.29, 1.82) is 0 Å². The molecule has 0 unspecified atom stereocenters. The second kappa shape index (κ2) is 7.72. The van der Waals surface area contributed by atoms with E-state index in [1.165, 1.54) is 6.08 Å². The van der Waals surface area contributed by atoms with Crippen LogP contribution in [0.3, 0.4) is 0 Å². The summed E-state index contributed by atoms with van der Waals surface area (Å²) < 4.78 is 5.47. The van der Waals surface area contributed by atoms with Gasteiger partial charge in [-0.05, 0) is 41.8 Å². The lowest BCUT2D eigenvalue weighted by Gasteiger charge is -2.06. The third-order valence-corrected chi connectivity index (χ3v) is 3.52. The van der Waals surface area contributed by atoms with Crippen molar-refractivity contribution in [2.24, 2.45) is 0 Å². The average molecular weight is 308 g/mol. The van der Waals surface area contributed by atoms with Gasteiger partial charge in [0.15, 0.2) is 0 Å². The number of hydrogen-bond donors (Lipinski definition) is 1. The summed E-state index contributed by atoms with van der Waals surface area (Å²) >= 11 is 7.36. The van der Waals surface area contributed by atoms with Crippen LogP contribution in [0.5, 0.6) is 5.75 Å². The molecule has 0 atom stereocenters. The van der Waals surface area contributed by atoms with Gasteiger partial charge in [-0.1, -0.05) is 17.7 Å². The Kier molecular flexibility index (Phi) is 5.65. The van der Waals surface area contributed by atoms with Gasteiger partial charge in [0, 0.05) is 16.0 Å². The fraction of sp³-hybridized carbons (Fsp3) is 0.133. The van der Waals surface area contributed by atoms with Crippen molar-refractivity contribution in [2.45, 2.75) is 0 Å². The molecule has 1 N–H and O–H groups in total. The molecule has 0 aliphatic carbocycles. The van der Waals surface area contributed by atoms with Crippen molar-refractivity contribution >= 4 is 34.9 Å². The number of halogens is 1. The van der Waals surface area contributed by atoms with Crippen LogP contribution in [0.25, 0.3) is 6.08 Å². The molecule has 3 nitrogen and oxygen atoms in total. The van der Waals surface area contributed by atoms with Gasteiger partial charge in [0.2, 0.25) is 5.91 Å². The maximum atomic E-state index is 11.5. The summed E-state index contributed by atoms with van der Waals surface area (Å²) in [5.41, 5.74) is 0. The fourth-order valence-corrected chi connectivity index (χ4v) is 2.22. The molecule has 1 amide bonds. The lowest BCUT2D eigenvalue weighted by atomic mass is 10.3. The van der Waals surface area contributed by atoms with Gasteiger partial charge in [-0.25, -0.2) is 0 Å². The standard InChI is InChI=1S/C15H14ClNO2S/c16-12-3-5-13(6-4-12)19-10-9-17-15(18)8-7-14-2-1-11-20-14/h1-8,11H,9-10H2,(H,17,18)/b8-7+. The highest BCUT2D eigenvalue weighted by molar-refractivity contribution is 7.10. The van der Waals surface area contributed by atoms with E-state index < -0.39 is 0 Å². The molecule has 1 aromatic heterocycles. The third kappa shape index (κ3) is 5.07. The summed E-state index contributed by atoms with van der Waals surface area (Å²) in [5.74, 6) is 0.607. The van der Waals surface area contributed by atoms with E-state index in [-0.39, 0.29) is 5.91 Å². The van der Waals surface area contributed by atoms with Gasteiger partial charge in [-0.2, -0.15) is 0 Å². The highest BCUT2D eigenvalue weighted by atomic mass is 35.5. The number of amides is 1. The van der Waals surface area contributed by atoms with Gasteiger partial charge in [-0.3, -0.25) is 4.79 Å². The van der Waals surface area contributed by atoms with Crippen LogP contribution in [0.4, 0.5) is 0 Å². The van der Waals surface area contributed by atoms with Crippen molar-refractivity contribution in [1.82, 2.24) is 5.32 Å². The molecule has 2 aromatic rings. The molecule has 1 aromatic carbocycles. The summed E-state index contributed by atoms with van der Waals surface area (Å²) in [4.78, 5) is 12.6. The third-order valence-electron chi connectivity index (χ3n) is 2.43. The summed E-state index contributed by atoms with van der Waals surface area (Å²) in [5, 5.41) is 5.40. The number of rotatable bonds is 6. The molecule has 20 heavy (non-hydrogen) atoms. The minimum Gasteiger partial charge on any atom is -0.492 e. The topological polar surface area (TPSA) is 38.3 Å². The number of benzene rings is 1. The number of nitrogens with one attached hydrogen (secondary N) is 1. The molecule has 5 heteroatoms. The Balaban J connectivity index is 1.65. The van der Waals surface area contributed by atoms with Crippen molar-refractivity contribution in [2.75, 3.05) is 13.2 Å². The van der Waals surface area contributed by atoms with Crippen molar-refractivity contribution in [3.05, 3.63) is 57.8 Å². The fourth-order valence-electron chi connectivity index (χ4n) is 1.48. The molecule has 0 bridgehead atoms. The molecule has 0 saturated heterocycles. The van der Waals surface area contributed by atoms with Crippen LogP contribution in [0.15, 0.2) is 47.9 Å². The van der Waals surface area contributed by atoms with E-state index >= 15 is 0 Å². The van der Waals surface area contributed by atoms with E-state index in [0.29, 0.717) is 18.2 Å². The summed E-state index contributed by atoms with van der Waals surface area (Å²) in [6.45, 7) is 0.871. The van der Waals surface area contributed by atoms with E-state index in [2.05, 4.69) is 5.32 Å². The quantitative estimate of drug-likeness (QED) is 0.654. The second-order valence-electron chi connectivity index (χ2n) is 3.94. The van der Waals surface area contributed by atoms with Crippen LogP contribution >= 0.6 is 22.9 Å². The molecule has 1 heterocycles.